The fourth-order valence-corrected chi connectivity index (χ4v) is 2.42. The van der Waals surface area contributed by atoms with Gasteiger partial charge in [0.25, 0.3) is 0 Å². The van der Waals surface area contributed by atoms with Crippen LogP contribution in [0.5, 0.6) is 11.5 Å². The molecule has 0 amide bonds. The van der Waals surface area contributed by atoms with Gasteiger partial charge in [0.05, 0.1) is 19.9 Å². The molecule has 25 heavy (non-hydrogen) atoms. The highest BCUT2D eigenvalue weighted by atomic mass is 16.5. The number of ether oxygens (including phenoxy) is 2. The van der Waals surface area contributed by atoms with Crippen molar-refractivity contribution in [3.63, 3.8) is 0 Å². The minimum atomic E-state index is 0.533. The van der Waals surface area contributed by atoms with Crippen molar-refractivity contribution in [2.45, 2.75) is 6.54 Å². The highest BCUT2D eigenvalue weighted by Gasteiger charge is 2.06. The number of anilines is 3. The normalized spacial score (nSPS) is 10.2. The van der Waals surface area contributed by atoms with Gasteiger partial charge in [-0.2, -0.15) is 4.98 Å². The Kier molecular flexibility index (Phi) is 5.31. The molecule has 0 fully saturated rings. The minimum Gasteiger partial charge on any atom is -0.496 e. The van der Waals surface area contributed by atoms with Crippen molar-refractivity contribution >= 4 is 17.5 Å². The Labute approximate surface area is 146 Å². The van der Waals surface area contributed by atoms with E-state index in [-0.39, 0.29) is 0 Å². The highest BCUT2D eigenvalue weighted by molar-refractivity contribution is 5.64. The Morgan fingerprint density at radius 1 is 0.880 bits per heavy atom. The molecule has 0 aliphatic carbocycles. The molecule has 0 unspecified atom stereocenters. The zero-order valence-electron chi connectivity index (χ0n) is 14.2. The first-order valence-electron chi connectivity index (χ1n) is 7.89. The fourth-order valence-electron chi connectivity index (χ4n) is 2.42. The van der Waals surface area contributed by atoms with E-state index in [0.29, 0.717) is 18.3 Å². The molecule has 0 spiro atoms. The molecule has 0 atom stereocenters. The van der Waals surface area contributed by atoms with Crippen LogP contribution in [0.3, 0.4) is 0 Å². The van der Waals surface area contributed by atoms with Gasteiger partial charge in [-0.1, -0.05) is 30.3 Å². The fraction of sp³-hybridized carbons (Fsp3) is 0.158. The summed E-state index contributed by atoms with van der Waals surface area (Å²) in [4.78, 5) is 8.74. The van der Waals surface area contributed by atoms with Gasteiger partial charge in [0.2, 0.25) is 5.95 Å². The lowest BCUT2D eigenvalue weighted by atomic mass is 10.2. The van der Waals surface area contributed by atoms with Crippen LogP contribution in [0.4, 0.5) is 17.5 Å². The second-order valence-electron chi connectivity index (χ2n) is 5.26. The molecule has 6 heteroatoms. The van der Waals surface area contributed by atoms with Gasteiger partial charge in [0, 0.05) is 18.3 Å². The van der Waals surface area contributed by atoms with Crippen molar-refractivity contribution < 1.29 is 9.47 Å². The van der Waals surface area contributed by atoms with Gasteiger partial charge >= 0.3 is 0 Å². The van der Waals surface area contributed by atoms with E-state index in [4.69, 9.17) is 9.47 Å². The third-order valence-electron chi connectivity index (χ3n) is 3.65. The summed E-state index contributed by atoms with van der Waals surface area (Å²) >= 11 is 0. The molecule has 0 saturated heterocycles. The van der Waals surface area contributed by atoms with Gasteiger partial charge in [-0.25, -0.2) is 4.98 Å². The van der Waals surface area contributed by atoms with E-state index in [9.17, 15) is 0 Å². The minimum absolute atomic E-state index is 0.533. The van der Waals surface area contributed by atoms with Crippen molar-refractivity contribution in [1.82, 2.24) is 9.97 Å². The van der Waals surface area contributed by atoms with Crippen LogP contribution in [0.2, 0.25) is 0 Å². The van der Waals surface area contributed by atoms with E-state index in [1.807, 2.05) is 48.5 Å². The van der Waals surface area contributed by atoms with E-state index in [1.165, 1.54) is 0 Å². The zero-order chi connectivity index (χ0) is 17.5. The Hall–Kier alpha value is -3.28. The molecule has 0 bridgehead atoms. The average molecular weight is 336 g/mol. The van der Waals surface area contributed by atoms with Crippen LogP contribution >= 0.6 is 0 Å². The number of benzene rings is 2. The number of hydrogen-bond donors (Lipinski definition) is 2. The third kappa shape index (κ3) is 4.17. The van der Waals surface area contributed by atoms with Crippen LogP contribution in [-0.2, 0) is 6.54 Å². The Morgan fingerprint density at radius 2 is 1.60 bits per heavy atom. The number of nitrogens with one attached hydrogen (secondary N) is 2. The topological polar surface area (TPSA) is 68.3 Å². The predicted molar refractivity (Wildman–Crippen MR) is 98.6 cm³/mol. The number of rotatable bonds is 7. The van der Waals surface area contributed by atoms with E-state index < -0.39 is 0 Å². The SMILES string of the molecule is COc1ccccc1CNc1nccc(Nc2ccccc2OC)n1. The summed E-state index contributed by atoms with van der Waals surface area (Å²) in [6.45, 7) is 0.572. The number of hydrogen-bond acceptors (Lipinski definition) is 6. The van der Waals surface area contributed by atoms with Gasteiger partial charge in [-0.3, -0.25) is 0 Å². The lowest BCUT2D eigenvalue weighted by Crippen LogP contribution is -2.06. The molecular weight excluding hydrogens is 316 g/mol. The maximum atomic E-state index is 5.35. The van der Waals surface area contributed by atoms with E-state index in [1.54, 1.807) is 26.5 Å². The number of para-hydroxylation sites is 3. The first kappa shape index (κ1) is 16.6. The van der Waals surface area contributed by atoms with Crippen LogP contribution in [0, 0.1) is 0 Å². The summed E-state index contributed by atoms with van der Waals surface area (Å²) < 4.78 is 10.7. The van der Waals surface area contributed by atoms with Crippen LogP contribution in [0.25, 0.3) is 0 Å². The van der Waals surface area contributed by atoms with Gasteiger partial charge < -0.3 is 20.1 Å². The molecule has 0 saturated carbocycles. The molecule has 128 valence electrons. The highest BCUT2D eigenvalue weighted by Crippen LogP contribution is 2.26. The number of nitrogens with zero attached hydrogens (tertiary/aromatic N) is 2. The molecule has 0 aliphatic heterocycles. The first-order valence-corrected chi connectivity index (χ1v) is 7.89. The Balaban J connectivity index is 1.71. The maximum absolute atomic E-state index is 5.35. The smallest absolute Gasteiger partial charge is 0.224 e. The maximum Gasteiger partial charge on any atom is 0.224 e. The van der Waals surface area contributed by atoms with Crippen LogP contribution in [-0.4, -0.2) is 24.2 Å². The van der Waals surface area contributed by atoms with E-state index >= 15 is 0 Å². The summed E-state index contributed by atoms with van der Waals surface area (Å²) in [7, 11) is 3.30. The molecule has 3 aromatic rings. The van der Waals surface area contributed by atoms with Crippen LogP contribution in [0.15, 0.2) is 60.8 Å². The molecule has 3 rings (SSSR count). The number of aromatic nitrogens is 2. The lowest BCUT2D eigenvalue weighted by molar-refractivity contribution is 0.410. The van der Waals surface area contributed by atoms with E-state index in [2.05, 4.69) is 20.6 Å². The average Bonchev–Trinajstić information content (AvgIpc) is 2.67. The third-order valence-corrected chi connectivity index (χ3v) is 3.65. The van der Waals surface area contributed by atoms with Crippen molar-refractivity contribution in [2.24, 2.45) is 0 Å². The molecule has 0 aliphatic rings. The predicted octanol–water partition coefficient (Wildman–Crippen LogP) is 3.85. The van der Waals surface area contributed by atoms with Crippen molar-refractivity contribution in [3.8, 4) is 11.5 Å². The summed E-state index contributed by atoms with van der Waals surface area (Å²) in [5.41, 5.74) is 1.89. The molecule has 2 aromatic carbocycles. The second kappa shape index (κ2) is 8.01. The van der Waals surface area contributed by atoms with E-state index in [0.717, 1.165) is 22.7 Å². The molecule has 6 nitrogen and oxygen atoms in total. The van der Waals surface area contributed by atoms with Crippen molar-refractivity contribution in [1.29, 1.82) is 0 Å². The van der Waals surface area contributed by atoms with Crippen LogP contribution < -0.4 is 20.1 Å². The quantitative estimate of drug-likeness (QED) is 0.683. The van der Waals surface area contributed by atoms with Crippen molar-refractivity contribution in [2.75, 3.05) is 24.9 Å². The zero-order valence-corrected chi connectivity index (χ0v) is 14.2. The molecular formula is C19H20N4O2. The Morgan fingerprint density at radius 3 is 2.40 bits per heavy atom. The standard InChI is InChI=1S/C19H20N4O2/c1-24-16-9-5-3-7-14(16)13-21-19-20-12-11-18(23-19)22-15-8-4-6-10-17(15)25-2/h3-12H,13H2,1-2H3,(H2,20,21,22,23). The van der Waals surface area contributed by atoms with Gasteiger partial charge in [-0.15, -0.1) is 0 Å². The Bertz CT molecular complexity index is 839. The molecule has 0 radical (unpaired) electrons. The number of methoxy groups -OCH3 is 2. The lowest BCUT2D eigenvalue weighted by Gasteiger charge is -2.12. The second-order valence-corrected chi connectivity index (χ2v) is 5.26. The monoisotopic (exact) mass is 336 g/mol. The van der Waals surface area contributed by atoms with Crippen LogP contribution in [0.1, 0.15) is 5.56 Å². The van der Waals surface area contributed by atoms with Crippen molar-refractivity contribution in [3.05, 3.63) is 66.4 Å². The largest absolute Gasteiger partial charge is 0.496 e. The van der Waals surface area contributed by atoms with Gasteiger partial charge in [-0.05, 0) is 24.3 Å². The molecule has 1 heterocycles. The van der Waals surface area contributed by atoms with Gasteiger partial charge in [0.1, 0.15) is 17.3 Å². The molecule has 2 N–H and O–H groups in total. The molecule has 1 aromatic heterocycles. The summed E-state index contributed by atoms with van der Waals surface area (Å²) in [5, 5.41) is 6.46. The van der Waals surface area contributed by atoms with Gasteiger partial charge in [0.15, 0.2) is 0 Å². The summed E-state index contributed by atoms with van der Waals surface area (Å²) in [5.74, 6) is 2.80. The summed E-state index contributed by atoms with van der Waals surface area (Å²) in [6.07, 6.45) is 1.70. The summed E-state index contributed by atoms with van der Waals surface area (Å²) in [6, 6.07) is 17.3. The first-order chi connectivity index (χ1) is 12.3.